The summed E-state index contributed by atoms with van der Waals surface area (Å²) in [5.41, 5.74) is 15.2. The van der Waals surface area contributed by atoms with E-state index in [1.165, 1.54) is 77.5 Å². The van der Waals surface area contributed by atoms with Gasteiger partial charge >= 0.3 is 0 Å². The van der Waals surface area contributed by atoms with Crippen LogP contribution < -0.4 is 0 Å². The lowest BCUT2D eigenvalue weighted by molar-refractivity contribution is 0.779. The molecule has 1 unspecified atom stereocenters. The third kappa shape index (κ3) is 2.42. The van der Waals surface area contributed by atoms with Crippen LogP contribution in [0.4, 0.5) is 0 Å². The summed E-state index contributed by atoms with van der Waals surface area (Å²) in [4.78, 5) is 3.78. The van der Waals surface area contributed by atoms with Crippen LogP contribution in [-0.2, 0) is 0 Å². The fourth-order valence-corrected chi connectivity index (χ4v) is 7.20. The Hall–Kier alpha value is -4.88. The summed E-state index contributed by atoms with van der Waals surface area (Å²) in [6.45, 7) is 0. The topological polar surface area (TPSA) is 15.8 Å². The third-order valence-corrected chi connectivity index (χ3v) is 8.81. The number of H-pyrrole nitrogens is 1. The average molecular weight is 482 g/mol. The molecule has 38 heavy (non-hydrogen) atoms. The quantitative estimate of drug-likeness (QED) is 0.246. The molecule has 0 amide bonds. The number of aromatic nitrogens is 1. The van der Waals surface area contributed by atoms with Crippen molar-refractivity contribution < 1.29 is 0 Å². The van der Waals surface area contributed by atoms with Crippen molar-refractivity contribution in [1.82, 2.24) is 4.98 Å². The van der Waals surface area contributed by atoms with Crippen molar-refractivity contribution in [2.45, 2.75) is 0 Å². The summed E-state index contributed by atoms with van der Waals surface area (Å²) < 4.78 is 0. The Morgan fingerprint density at radius 3 is 1.92 bits per heavy atom. The van der Waals surface area contributed by atoms with Gasteiger partial charge in [0.15, 0.2) is 0 Å². The van der Waals surface area contributed by atoms with Crippen molar-refractivity contribution in [1.29, 1.82) is 0 Å². The van der Waals surface area contributed by atoms with Gasteiger partial charge in [0.25, 0.3) is 0 Å². The minimum absolute atomic E-state index is 0.391. The Kier molecular flexibility index (Phi) is 3.78. The second kappa shape index (κ2) is 7.12. The maximum Gasteiger partial charge on any atom is 0.0654 e. The molecule has 9 rings (SSSR count). The van der Waals surface area contributed by atoms with Crippen LogP contribution >= 0.6 is 0 Å². The number of benzene rings is 4. The molecular formula is C37H23N. The van der Waals surface area contributed by atoms with Gasteiger partial charge in [0.1, 0.15) is 0 Å². The van der Waals surface area contributed by atoms with Gasteiger partial charge in [-0.05, 0) is 68.3 Å². The van der Waals surface area contributed by atoms with Gasteiger partial charge in [-0.15, -0.1) is 0 Å². The summed E-state index contributed by atoms with van der Waals surface area (Å²) in [6.07, 6.45) is 16.6. The number of allylic oxidation sites excluding steroid dienone is 10. The van der Waals surface area contributed by atoms with Crippen LogP contribution in [0, 0.1) is 5.41 Å². The Balaban J connectivity index is 1.38. The lowest BCUT2D eigenvalue weighted by Crippen LogP contribution is -2.28. The molecule has 0 radical (unpaired) electrons. The van der Waals surface area contributed by atoms with Crippen molar-refractivity contribution in [3.63, 3.8) is 0 Å². The SMILES string of the molecule is C1=CC2(C3=Cc4ccccc4C3=C1)C1=Cc3ccccc3C1=CC=C2c1cccc2c1[nH]c1ccccc12. The van der Waals surface area contributed by atoms with Gasteiger partial charge in [-0.25, -0.2) is 0 Å². The third-order valence-electron chi connectivity index (χ3n) is 8.81. The molecule has 1 spiro atoms. The first-order valence-corrected chi connectivity index (χ1v) is 13.3. The molecule has 0 saturated heterocycles. The van der Waals surface area contributed by atoms with Crippen molar-refractivity contribution in [2.24, 2.45) is 5.41 Å². The van der Waals surface area contributed by atoms with Gasteiger partial charge in [-0.3, -0.25) is 0 Å². The van der Waals surface area contributed by atoms with Crippen LogP contribution in [0.2, 0.25) is 0 Å². The van der Waals surface area contributed by atoms with Gasteiger partial charge in [-0.1, -0.05) is 115 Å². The summed E-state index contributed by atoms with van der Waals surface area (Å²) in [6, 6.07) is 33.0. The Bertz CT molecular complexity index is 2040. The minimum Gasteiger partial charge on any atom is -0.354 e. The highest BCUT2D eigenvalue weighted by Gasteiger charge is 2.48. The monoisotopic (exact) mass is 481 g/mol. The number of rotatable bonds is 1. The van der Waals surface area contributed by atoms with E-state index in [4.69, 9.17) is 0 Å². The first kappa shape index (κ1) is 20.2. The normalized spacial score (nSPS) is 20.4. The standard InChI is InChI=1S/C37H23N/c1-3-11-25-23(9-1)21-33-27(25)16-8-20-37(33)32(19-18-28-26-12-4-2-10-24(26)22-34(28)37)31-15-7-14-30-29-13-5-6-17-35(29)38-36(30)31/h1-22,38H. The van der Waals surface area contributed by atoms with Gasteiger partial charge in [0.05, 0.1) is 10.9 Å². The largest absolute Gasteiger partial charge is 0.354 e. The first-order chi connectivity index (χ1) is 18.8. The van der Waals surface area contributed by atoms with Gasteiger partial charge in [0, 0.05) is 21.9 Å². The lowest BCUT2D eigenvalue weighted by Gasteiger charge is -2.42. The fourth-order valence-electron chi connectivity index (χ4n) is 7.20. The Morgan fingerprint density at radius 1 is 0.500 bits per heavy atom. The summed E-state index contributed by atoms with van der Waals surface area (Å²) in [7, 11) is 0. The highest BCUT2D eigenvalue weighted by molar-refractivity contribution is 6.15. The van der Waals surface area contributed by atoms with E-state index in [1.807, 2.05) is 0 Å². The zero-order chi connectivity index (χ0) is 24.8. The second-order valence-corrected chi connectivity index (χ2v) is 10.6. The average Bonchev–Trinajstić information content (AvgIpc) is 3.66. The molecule has 1 heteroatoms. The van der Waals surface area contributed by atoms with Crippen molar-refractivity contribution in [3.8, 4) is 0 Å². The number of nitrogens with one attached hydrogen (secondary N) is 1. The van der Waals surface area contributed by atoms with Gasteiger partial charge in [-0.2, -0.15) is 0 Å². The second-order valence-electron chi connectivity index (χ2n) is 10.6. The molecule has 0 bridgehead atoms. The number of hydrogen-bond donors (Lipinski definition) is 1. The van der Waals surface area contributed by atoms with E-state index in [0.717, 1.165) is 0 Å². The molecular weight excluding hydrogens is 458 g/mol. The fraction of sp³-hybridized carbons (Fsp3) is 0.0270. The molecule has 1 nitrogen and oxygen atoms in total. The molecule has 1 heterocycles. The van der Waals surface area contributed by atoms with E-state index in [-0.39, 0.29) is 0 Å². The van der Waals surface area contributed by atoms with Crippen LogP contribution in [-0.4, -0.2) is 4.98 Å². The maximum atomic E-state index is 3.78. The van der Waals surface area contributed by atoms with Crippen molar-refractivity contribution >= 4 is 50.7 Å². The molecule has 176 valence electrons. The smallest absolute Gasteiger partial charge is 0.0654 e. The molecule has 0 aliphatic heterocycles. The number of hydrogen-bond acceptors (Lipinski definition) is 0. The minimum atomic E-state index is -0.391. The zero-order valence-electron chi connectivity index (χ0n) is 20.7. The molecule has 1 atom stereocenters. The molecule has 5 aromatic rings. The van der Waals surface area contributed by atoms with Crippen LogP contribution in [0.25, 0.3) is 50.7 Å². The van der Waals surface area contributed by atoms with Gasteiger partial charge in [0.2, 0.25) is 0 Å². The maximum absolute atomic E-state index is 3.78. The van der Waals surface area contributed by atoms with Crippen molar-refractivity contribution in [3.05, 3.63) is 160 Å². The molecule has 4 aliphatic carbocycles. The van der Waals surface area contributed by atoms with Crippen LogP contribution in [0.15, 0.2) is 133 Å². The first-order valence-electron chi connectivity index (χ1n) is 13.3. The predicted molar refractivity (Wildman–Crippen MR) is 160 cm³/mol. The van der Waals surface area contributed by atoms with Crippen LogP contribution in [0.5, 0.6) is 0 Å². The van der Waals surface area contributed by atoms with E-state index in [9.17, 15) is 0 Å². The summed E-state index contributed by atoms with van der Waals surface area (Å²) >= 11 is 0. The summed E-state index contributed by atoms with van der Waals surface area (Å²) in [5, 5.41) is 2.54. The van der Waals surface area contributed by atoms with Gasteiger partial charge < -0.3 is 4.98 Å². The van der Waals surface area contributed by atoms with E-state index in [0.29, 0.717) is 0 Å². The van der Waals surface area contributed by atoms with E-state index in [2.05, 4.69) is 139 Å². The molecule has 4 aromatic carbocycles. The van der Waals surface area contributed by atoms with E-state index >= 15 is 0 Å². The molecule has 1 N–H and O–H groups in total. The van der Waals surface area contributed by atoms with Crippen LogP contribution in [0.1, 0.15) is 27.8 Å². The summed E-state index contributed by atoms with van der Waals surface area (Å²) in [5.74, 6) is 0. The van der Waals surface area contributed by atoms with Crippen LogP contribution in [0.3, 0.4) is 0 Å². The Morgan fingerprint density at radius 2 is 1.13 bits per heavy atom. The van der Waals surface area contributed by atoms with E-state index < -0.39 is 5.41 Å². The number of fused-ring (bicyclic) bond motifs is 11. The van der Waals surface area contributed by atoms with E-state index in [1.54, 1.807) is 0 Å². The number of para-hydroxylation sites is 2. The molecule has 4 aliphatic rings. The van der Waals surface area contributed by atoms with Crippen molar-refractivity contribution in [2.75, 3.05) is 0 Å². The molecule has 1 aromatic heterocycles. The highest BCUT2D eigenvalue weighted by atomic mass is 14.7. The lowest BCUT2D eigenvalue weighted by atomic mass is 9.60. The molecule has 0 fully saturated rings. The molecule has 0 saturated carbocycles. The zero-order valence-corrected chi connectivity index (χ0v) is 20.7. The highest BCUT2D eigenvalue weighted by Crippen LogP contribution is 2.63. The predicted octanol–water partition coefficient (Wildman–Crippen LogP) is 9.24. The Labute approximate surface area is 221 Å². The number of aromatic amines is 1.